The number of nitrogens with zero attached hydrogens (tertiary/aromatic N) is 2. The van der Waals surface area contributed by atoms with Crippen LogP contribution in [0.2, 0.25) is 0 Å². The molecule has 1 saturated heterocycles. The molecule has 7 nitrogen and oxygen atoms in total. The summed E-state index contributed by atoms with van der Waals surface area (Å²) in [4.78, 5) is 26.6. The predicted molar refractivity (Wildman–Crippen MR) is 109 cm³/mol. The Hall–Kier alpha value is -2.80. The van der Waals surface area contributed by atoms with E-state index in [-0.39, 0.29) is 11.6 Å². The third-order valence-corrected chi connectivity index (χ3v) is 5.65. The summed E-state index contributed by atoms with van der Waals surface area (Å²) in [5.74, 6) is -0.552. The van der Waals surface area contributed by atoms with Gasteiger partial charge in [0.25, 0.3) is 0 Å². The van der Waals surface area contributed by atoms with Gasteiger partial charge in [0.05, 0.1) is 23.7 Å². The highest BCUT2D eigenvalue weighted by Gasteiger charge is 2.30. The summed E-state index contributed by atoms with van der Waals surface area (Å²) in [6, 6.07) is 3.83. The largest absolute Gasteiger partial charge is 0.492 e. The number of hydrogen-bond acceptors (Lipinski definition) is 5. The van der Waals surface area contributed by atoms with E-state index in [9.17, 15) is 14.7 Å². The fraction of sp³-hybridized carbons (Fsp3) is 0.429. The average Bonchev–Trinajstić information content (AvgIpc) is 3.53. The van der Waals surface area contributed by atoms with Gasteiger partial charge in [0, 0.05) is 31.9 Å². The van der Waals surface area contributed by atoms with E-state index in [1.54, 1.807) is 13.2 Å². The maximum atomic E-state index is 12.8. The number of pyridine rings is 1. The minimum Gasteiger partial charge on any atom is -0.492 e. The fourth-order valence-corrected chi connectivity index (χ4v) is 4.06. The number of nitrogens with two attached hydrogens (primary N) is 1. The van der Waals surface area contributed by atoms with Crippen molar-refractivity contribution in [3.63, 3.8) is 0 Å². The molecule has 2 aliphatic rings. The molecule has 1 aromatic heterocycles. The van der Waals surface area contributed by atoms with E-state index in [0.29, 0.717) is 23.2 Å². The molecule has 1 aromatic carbocycles. The zero-order valence-corrected chi connectivity index (χ0v) is 16.0. The van der Waals surface area contributed by atoms with Gasteiger partial charge in [0.1, 0.15) is 5.56 Å². The van der Waals surface area contributed by atoms with E-state index >= 15 is 0 Å². The number of ether oxygens (including phenoxy) is 1. The highest BCUT2D eigenvalue weighted by Crippen LogP contribution is 2.43. The smallest absolute Gasteiger partial charge is 0.341 e. The molecule has 0 bridgehead atoms. The number of rotatable bonds is 5. The minimum atomic E-state index is -1.19. The van der Waals surface area contributed by atoms with Crippen LogP contribution in [0, 0.1) is 0 Å². The van der Waals surface area contributed by atoms with Crippen molar-refractivity contribution >= 4 is 22.6 Å². The van der Waals surface area contributed by atoms with Crippen molar-refractivity contribution < 1.29 is 14.6 Å². The summed E-state index contributed by atoms with van der Waals surface area (Å²) in [7, 11) is 1.61. The highest BCUT2D eigenvalue weighted by atomic mass is 16.5. The van der Waals surface area contributed by atoms with Gasteiger partial charge in [-0.3, -0.25) is 4.79 Å². The van der Waals surface area contributed by atoms with Crippen molar-refractivity contribution in [2.24, 2.45) is 5.73 Å². The molecule has 0 unspecified atom stereocenters. The molecule has 4 rings (SSSR count). The Labute approximate surface area is 163 Å². The van der Waals surface area contributed by atoms with Gasteiger partial charge in [0.15, 0.2) is 5.75 Å². The Morgan fingerprint density at radius 3 is 2.61 bits per heavy atom. The first-order valence-corrected chi connectivity index (χ1v) is 9.67. The standard InChI is InChI=1S/C21H25N3O4/c1-28-20-17(23-10-7-13(6-9-22)8-11-23)5-4-15-18(20)24(14-2-3-14)12-16(19(15)25)21(26)27/h4-6,12,14H,2-3,7-11,22H2,1H3,(H,26,27). The van der Waals surface area contributed by atoms with E-state index < -0.39 is 11.4 Å². The van der Waals surface area contributed by atoms with Crippen molar-refractivity contribution in [2.45, 2.75) is 31.7 Å². The van der Waals surface area contributed by atoms with Gasteiger partial charge < -0.3 is 25.0 Å². The molecule has 28 heavy (non-hydrogen) atoms. The second-order valence-corrected chi connectivity index (χ2v) is 7.41. The van der Waals surface area contributed by atoms with Gasteiger partial charge >= 0.3 is 5.97 Å². The van der Waals surface area contributed by atoms with Crippen LogP contribution in [0.1, 0.15) is 42.1 Å². The molecule has 2 heterocycles. The lowest BCUT2D eigenvalue weighted by molar-refractivity contribution is 0.0695. The first-order chi connectivity index (χ1) is 13.5. The maximum absolute atomic E-state index is 12.8. The summed E-state index contributed by atoms with van der Waals surface area (Å²) in [5, 5.41) is 9.83. The first-order valence-electron chi connectivity index (χ1n) is 9.67. The van der Waals surface area contributed by atoms with Crippen molar-refractivity contribution in [1.29, 1.82) is 0 Å². The summed E-state index contributed by atoms with van der Waals surface area (Å²) in [6.45, 7) is 2.28. The van der Waals surface area contributed by atoms with Crippen molar-refractivity contribution in [3.05, 3.63) is 45.8 Å². The number of piperidine rings is 1. The monoisotopic (exact) mass is 383 g/mol. The van der Waals surface area contributed by atoms with Crippen LogP contribution in [0.5, 0.6) is 5.75 Å². The summed E-state index contributed by atoms with van der Waals surface area (Å²) >= 11 is 0. The molecule has 1 saturated carbocycles. The Kier molecular flexibility index (Phi) is 4.85. The SMILES string of the molecule is COc1c(N2CCC(=CCN)CC2)ccc2c(=O)c(C(=O)O)cn(C3CC3)c12. The van der Waals surface area contributed by atoms with Crippen LogP contribution in [0.15, 0.2) is 34.8 Å². The molecule has 1 aliphatic carbocycles. The maximum Gasteiger partial charge on any atom is 0.341 e. The zero-order chi connectivity index (χ0) is 19.8. The van der Waals surface area contributed by atoms with Crippen molar-refractivity contribution in [1.82, 2.24) is 4.57 Å². The quantitative estimate of drug-likeness (QED) is 0.770. The van der Waals surface area contributed by atoms with Crippen LogP contribution in [-0.4, -0.2) is 42.4 Å². The number of anilines is 1. The second kappa shape index (κ2) is 7.31. The predicted octanol–water partition coefficient (Wildman–Crippen LogP) is 2.53. The zero-order valence-electron chi connectivity index (χ0n) is 16.0. The lowest BCUT2D eigenvalue weighted by atomic mass is 10.0. The summed E-state index contributed by atoms with van der Waals surface area (Å²) in [6.07, 6.45) is 7.42. The number of methoxy groups -OCH3 is 1. The van der Waals surface area contributed by atoms with Crippen LogP contribution >= 0.6 is 0 Å². The Morgan fingerprint density at radius 1 is 1.32 bits per heavy atom. The van der Waals surface area contributed by atoms with E-state index in [1.165, 1.54) is 11.8 Å². The van der Waals surface area contributed by atoms with Gasteiger partial charge in [0.2, 0.25) is 5.43 Å². The normalized spacial score (nSPS) is 17.1. The Balaban J connectivity index is 1.85. The highest BCUT2D eigenvalue weighted by molar-refractivity contribution is 5.97. The third-order valence-electron chi connectivity index (χ3n) is 5.65. The van der Waals surface area contributed by atoms with Crippen molar-refractivity contribution in [3.8, 4) is 5.75 Å². The fourth-order valence-electron chi connectivity index (χ4n) is 4.06. The van der Waals surface area contributed by atoms with Gasteiger partial charge in [-0.15, -0.1) is 0 Å². The van der Waals surface area contributed by atoms with E-state index in [4.69, 9.17) is 10.5 Å². The molecular weight excluding hydrogens is 358 g/mol. The molecule has 2 fully saturated rings. The number of carboxylic acid groups (broad SMARTS) is 1. The summed E-state index contributed by atoms with van der Waals surface area (Å²) < 4.78 is 7.70. The topological polar surface area (TPSA) is 97.8 Å². The lowest BCUT2D eigenvalue weighted by Crippen LogP contribution is -2.31. The number of carbonyl (C=O) groups is 1. The van der Waals surface area contributed by atoms with Crippen LogP contribution < -0.4 is 20.8 Å². The second-order valence-electron chi connectivity index (χ2n) is 7.41. The Bertz CT molecular complexity index is 1010. The Morgan fingerprint density at radius 2 is 2.04 bits per heavy atom. The van der Waals surface area contributed by atoms with E-state index in [0.717, 1.165) is 44.5 Å². The number of aromatic carboxylic acids is 1. The van der Waals surface area contributed by atoms with Gasteiger partial charge in [-0.1, -0.05) is 11.6 Å². The van der Waals surface area contributed by atoms with E-state index in [1.807, 2.05) is 10.6 Å². The molecule has 148 valence electrons. The molecule has 0 amide bonds. The number of aromatic nitrogens is 1. The molecular formula is C21H25N3O4. The molecule has 7 heteroatoms. The molecule has 3 N–H and O–H groups in total. The number of carboxylic acids is 1. The minimum absolute atomic E-state index is 0.191. The molecule has 1 aliphatic heterocycles. The van der Waals surface area contributed by atoms with Crippen LogP contribution in [0.25, 0.3) is 10.9 Å². The first kappa shape index (κ1) is 18.6. The molecule has 0 atom stereocenters. The van der Waals surface area contributed by atoms with Crippen LogP contribution in [0.3, 0.4) is 0 Å². The summed E-state index contributed by atoms with van der Waals surface area (Å²) in [5.41, 5.74) is 7.99. The van der Waals surface area contributed by atoms with Gasteiger partial charge in [-0.05, 0) is 37.8 Å². The molecule has 0 radical (unpaired) electrons. The number of benzene rings is 1. The molecule has 2 aromatic rings. The third kappa shape index (κ3) is 3.16. The van der Waals surface area contributed by atoms with Gasteiger partial charge in [-0.2, -0.15) is 0 Å². The number of hydrogen-bond donors (Lipinski definition) is 2. The van der Waals surface area contributed by atoms with Crippen LogP contribution in [-0.2, 0) is 0 Å². The van der Waals surface area contributed by atoms with E-state index in [2.05, 4.69) is 11.0 Å². The number of fused-ring (bicyclic) bond motifs is 1. The van der Waals surface area contributed by atoms with Crippen molar-refractivity contribution in [2.75, 3.05) is 31.6 Å². The lowest BCUT2D eigenvalue weighted by Gasteiger charge is -2.32. The average molecular weight is 383 g/mol. The molecule has 0 spiro atoms. The van der Waals surface area contributed by atoms with Crippen LogP contribution in [0.4, 0.5) is 5.69 Å². The van der Waals surface area contributed by atoms with Gasteiger partial charge in [-0.25, -0.2) is 4.79 Å².